The summed E-state index contributed by atoms with van der Waals surface area (Å²) >= 11 is 0. The summed E-state index contributed by atoms with van der Waals surface area (Å²) in [5.41, 5.74) is 1.24. The molecule has 0 unspecified atom stereocenters. The molecule has 0 amide bonds. The molecule has 1 N–H and O–H groups in total. The molecule has 0 saturated heterocycles. The van der Waals surface area contributed by atoms with E-state index in [9.17, 15) is 8.78 Å². The highest BCUT2D eigenvalue weighted by atomic mass is 19.1. The van der Waals surface area contributed by atoms with Crippen LogP contribution in [0.2, 0.25) is 0 Å². The van der Waals surface area contributed by atoms with Gasteiger partial charge in [-0.2, -0.15) is 0 Å². The lowest BCUT2D eigenvalue weighted by molar-refractivity contribution is 0.199. The number of aryl methyl sites for hydroxylation is 1. The molecule has 4 nitrogen and oxygen atoms in total. The van der Waals surface area contributed by atoms with Gasteiger partial charge >= 0.3 is 0 Å². The lowest BCUT2D eigenvalue weighted by atomic mass is 10.2. The van der Waals surface area contributed by atoms with Gasteiger partial charge < -0.3 is 14.6 Å². The van der Waals surface area contributed by atoms with E-state index in [4.69, 9.17) is 4.74 Å². The van der Waals surface area contributed by atoms with Crippen LogP contribution in [0.1, 0.15) is 17.1 Å². The molecule has 0 aliphatic heterocycles. The van der Waals surface area contributed by atoms with Crippen molar-refractivity contribution >= 4 is 0 Å². The Balaban J connectivity index is 2.12. The van der Waals surface area contributed by atoms with Crippen molar-refractivity contribution in [3.63, 3.8) is 0 Å². The standard InChI is InChI=1S/C15H19F2N3O/c1-11-19-9-14(8-18-5-6-21-2)20(11)10-12-7-13(16)3-4-15(12)17/h3-4,7,9,18H,5-6,8,10H2,1-2H3. The first-order valence-corrected chi connectivity index (χ1v) is 6.76. The molecular weight excluding hydrogens is 276 g/mol. The van der Waals surface area contributed by atoms with Crippen LogP contribution in [0.4, 0.5) is 8.78 Å². The summed E-state index contributed by atoms with van der Waals surface area (Å²) in [4.78, 5) is 4.24. The summed E-state index contributed by atoms with van der Waals surface area (Å²) in [5.74, 6) is -0.0890. The minimum Gasteiger partial charge on any atom is -0.383 e. The summed E-state index contributed by atoms with van der Waals surface area (Å²) in [6.07, 6.45) is 1.74. The molecule has 2 aromatic rings. The van der Waals surface area contributed by atoms with E-state index < -0.39 is 11.6 Å². The third-order valence-electron chi connectivity index (χ3n) is 3.26. The molecule has 0 spiro atoms. The molecule has 114 valence electrons. The first-order chi connectivity index (χ1) is 10.1. The van der Waals surface area contributed by atoms with Crippen LogP contribution < -0.4 is 5.32 Å². The Hall–Kier alpha value is -1.79. The molecule has 0 fully saturated rings. The second-order valence-electron chi connectivity index (χ2n) is 4.79. The van der Waals surface area contributed by atoms with Crippen molar-refractivity contribution in [1.29, 1.82) is 0 Å². The van der Waals surface area contributed by atoms with Crippen LogP contribution in [-0.4, -0.2) is 29.8 Å². The Morgan fingerprint density at radius 3 is 2.90 bits per heavy atom. The predicted octanol–water partition coefficient (Wildman–Crippen LogP) is 2.25. The quantitative estimate of drug-likeness (QED) is 0.796. The van der Waals surface area contributed by atoms with E-state index in [1.807, 2.05) is 11.5 Å². The van der Waals surface area contributed by atoms with E-state index in [-0.39, 0.29) is 6.54 Å². The van der Waals surface area contributed by atoms with E-state index in [0.717, 1.165) is 30.2 Å². The zero-order valence-corrected chi connectivity index (χ0v) is 12.2. The number of hydrogen-bond acceptors (Lipinski definition) is 3. The molecule has 0 bridgehead atoms. The second-order valence-corrected chi connectivity index (χ2v) is 4.79. The van der Waals surface area contributed by atoms with Gasteiger partial charge in [-0.1, -0.05) is 0 Å². The normalized spacial score (nSPS) is 11.0. The minimum atomic E-state index is -0.441. The SMILES string of the molecule is COCCNCc1cnc(C)n1Cc1cc(F)ccc1F. The topological polar surface area (TPSA) is 39.1 Å². The van der Waals surface area contributed by atoms with Gasteiger partial charge in [0.15, 0.2) is 0 Å². The van der Waals surface area contributed by atoms with Crippen LogP contribution in [0.3, 0.4) is 0 Å². The molecule has 0 atom stereocenters. The van der Waals surface area contributed by atoms with Crippen molar-refractivity contribution in [3.8, 4) is 0 Å². The van der Waals surface area contributed by atoms with Crippen molar-refractivity contribution in [1.82, 2.24) is 14.9 Å². The number of nitrogens with one attached hydrogen (secondary N) is 1. The zero-order chi connectivity index (χ0) is 15.2. The Morgan fingerprint density at radius 1 is 1.33 bits per heavy atom. The third-order valence-corrected chi connectivity index (χ3v) is 3.26. The molecule has 2 rings (SSSR count). The van der Waals surface area contributed by atoms with Crippen LogP contribution in [0, 0.1) is 18.6 Å². The molecule has 1 aromatic heterocycles. The fourth-order valence-corrected chi connectivity index (χ4v) is 2.10. The van der Waals surface area contributed by atoms with Gasteiger partial charge in [-0.25, -0.2) is 13.8 Å². The maximum absolute atomic E-state index is 13.7. The highest BCUT2D eigenvalue weighted by Crippen LogP contribution is 2.14. The van der Waals surface area contributed by atoms with Gasteiger partial charge in [0, 0.05) is 32.0 Å². The molecule has 0 aliphatic carbocycles. The lowest BCUT2D eigenvalue weighted by Gasteiger charge is -2.12. The summed E-state index contributed by atoms with van der Waals surface area (Å²) in [6.45, 7) is 4.04. The maximum atomic E-state index is 13.7. The van der Waals surface area contributed by atoms with Crippen molar-refractivity contribution < 1.29 is 13.5 Å². The first kappa shape index (κ1) is 15.6. The van der Waals surface area contributed by atoms with Gasteiger partial charge in [0.1, 0.15) is 17.5 Å². The molecule has 1 heterocycles. The Kier molecular flexibility index (Phi) is 5.41. The van der Waals surface area contributed by atoms with E-state index in [2.05, 4.69) is 10.3 Å². The summed E-state index contributed by atoms with van der Waals surface area (Å²) in [5, 5.41) is 3.21. The van der Waals surface area contributed by atoms with E-state index in [0.29, 0.717) is 18.7 Å². The fourth-order valence-electron chi connectivity index (χ4n) is 2.10. The van der Waals surface area contributed by atoms with Gasteiger partial charge in [-0.3, -0.25) is 0 Å². The molecule has 1 aromatic carbocycles. The molecule has 0 saturated carbocycles. The van der Waals surface area contributed by atoms with Gasteiger partial charge in [-0.05, 0) is 25.1 Å². The third kappa shape index (κ3) is 4.09. The zero-order valence-electron chi connectivity index (χ0n) is 12.2. The average Bonchev–Trinajstić information content (AvgIpc) is 2.80. The van der Waals surface area contributed by atoms with Gasteiger partial charge in [0.25, 0.3) is 0 Å². The molecule has 0 radical (unpaired) electrons. The predicted molar refractivity (Wildman–Crippen MR) is 76.0 cm³/mol. The van der Waals surface area contributed by atoms with Gasteiger partial charge in [0.2, 0.25) is 0 Å². The highest BCUT2D eigenvalue weighted by Gasteiger charge is 2.10. The summed E-state index contributed by atoms with van der Waals surface area (Å²) in [6, 6.07) is 3.48. The largest absolute Gasteiger partial charge is 0.383 e. The van der Waals surface area contributed by atoms with Crippen molar-refractivity contribution in [2.45, 2.75) is 20.0 Å². The summed E-state index contributed by atoms with van der Waals surface area (Å²) < 4.78 is 33.8. The monoisotopic (exact) mass is 295 g/mol. The minimum absolute atomic E-state index is 0.261. The number of rotatable bonds is 7. The van der Waals surface area contributed by atoms with Gasteiger partial charge in [0.05, 0.1) is 18.8 Å². The number of imidazole rings is 1. The number of benzene rings is 1. The second kappa shape index (κ2) is 7.28. The first-order valence-electron chi connectivity index (χ1n) is 6.76. The van der Waals surface area contributed by atoms with Crippen LogP contribution >= 0.6 is 0 Å². The van der Waals surface area contributed by atoms with Crippen LogP contribution in [0.5, 0.6) is 0 Å². The Labute approximate surface area is 122 Å². The Morgan fingerprint density at radius 2 is 2.14 bits per heavy atom. The van der Waals surface area contributed by atoms with E-state index in [1.165, 1.54) is 6.07 Å². The number of aromatic nitrogens is 2. The molecule has 0 aliphatic rings. The lowest BCUT2D eigenvalue weighted by Crippen LogP contribution is -2.21. The van der Waals surface area contributed by atoms with Crippen LogP contribution in [0.15, 0.2) is 24.4 Å². The smallest absolute Gasteiger partial charge is 0.128 e. The number of nitrogens with zero attached hydrogens (tertiary/aromatic N) is 2. The van der Waals surface area contributed by atoms with E-state index >= 15 is 0 Å². The Bertz CT molecular complexity index is 599. The number of halogens is 2. The van der Waals surface area contributed by atoms with Crippen LogP contribution in [-0.2, 0) is 17.8 Å². The molecule has 21 heavy (non-hydrogen) atoms. The number of hydrogen-bond donors (Lipinski definition) is 1. The van der Waals surface area contributed by atoms with Crippen molar-refractivity contribution in [3.05, 3.63) is 53.1 Å². The van der Waals surface area contributed by atoms with Crippen molar-refractivity contribution in [2.75, 3.05) is 20.3 Å². The highest BCUT2D eigenvalue weighted by molar-refractivity contribution is 5.20. The maximum Gasteiger partial charge on any atom is 0.128 e. The average molecular weight is 295 g/mol. The number of methoxy groups -OCH3 is 1. The molecular formula is C15H19F2N3O. The fraction of sp³-hybridized carbons (Fsp3) is 0.400. The summed E-state index contributed by atoms with van der Waals surface area (Å²) in [7, 11) is 1.64. The molecule has 6 heteroatoms. The van der Waals surface area contributed by atoms with Crippen LogP contribution in [0.25, 0.3) is 0 Å². The number of ether oxygens (including phenoxy) is 1. The van der Waals surface area contributed by atoms with Gasteiger partial charge in [-0.15, -0.1) is 0 Å². The van der Waals surface area contributed by atoms with Crippen molar-refractivity contribution in [2.24, 2.45) is 0 Å². The van der Waals surface area contributed by atoms with E-state index in [1.54, 1.807) is 13.3 Å².